The lowest BCUT2D eigenvalue weighted by Crippen LogP contribution is -2.37. The molecule has 0 bridgehead atoms. The molecule has 1 rings (SSSR count). The highest BCUT2D eigenvalue weighted by Crippen LogP contribution is 2.26. The fourth-order valence-electron chi connectivity index (χ4n) is 1.69. The molecule has 0 fully saturated rings. The molecule has 1 aromatic carbocycles. The highest BCUT2D eigenvalue weighted by Gasteiger charge is 2.32. The van der Waals surface area contributed by atoms with Gasteiger partial charge in [0, 0.05) is 22.6 Å². The number of rotatable bonds is 6. The van der Waals surface area contributed by atoms with Gasteiger partial charge in [0.25, 0.3) is 5.69 Å². The van der Waals surface area contributed by atoms with Crippen LogP contribution in [-0.4, -0.2) is 40.2 Å². The standard InChI is InChI=1S/C11H10BrF3N2O4/c12-8-2-1-7(9(3-8)17(20)21)4-16(5-10(18)19)6-11(13,14)15/h1-3H,4-6H2,(H,18,19). The van der Waals surface area contributed by atoms with Crippen molar-refractivity contribution in [1.29, 1.82) is 0 Å². The summed E-state index contributed by atoms with van der Waals surface area (Å²) in [5.41, 5.74) is -0.365. The number of hydrogen-bond donors (Lipinski definition) is 1. The summed E-state index contributed by atoms with van der Waals surface area (Å²) in [4.78, 5) is 21.4. The Hall–Kier alpha value is -1.68. The quantitative estimate of drug-likeness (QED) is 0.614. The normalized spacial score (nSPS) is 11.7. The summed E-state index contributed by atoms with van der Waals surface area (Å²) in [6.45, 7) is -2.82. The minimum atomic E-state index is -4.60. The molecule has 0 saturated heterocycles. The van der Waals surface area contributed by atoms with E-state index in [0.29, 0.717) is 9.37 Å². The van der Waals surface area contributed by atoms with Gasteiger partial charge in [0.05, 0.1) is 18.0 Å². The molecule has 0 aliphatic rings. The molecule has 0 amide bonds. The number of nitro groups is 1. The Morgan fingerprint density at radius 1 is 1.43 bits per heavy atom. The van der Waals surface area contributed by atoms with Gasteiger partial charge in [-0.15, -0.1) is 0 Å². The van der Waals surface area contributed by atoms with Crippen LogP contribution in [0, 0.1) is 10.1 Å². The molecular weight excluding hydrogens is 361 g/mol. The summed E-state index contributed by atoms with van der Waals surface area (Å²) in [5, 5.41) is 19.5. The topological polar surface area (TPSA) is 83.7 Å². The van der Waals surface area contributed by atoms with Crippen molar-refractivity contribution in [3.05, 3.63) is 38.3 Å². The Morgan fingerprint density at radius 3 is 2.52 bits per heavy atom. The molecular formula is C11H10BrF3N2O4. The van der Waals surface area contributed by atoms with Gasteiger partial charge in [-0.2, -0.15) is 13.2 Å². The van der Waals surface area contributed by atoms with E-state index in [9.17, 15) is 28.1 Å². The summed E-state index contributed by atoms with van der Waals surface area (Å²) < 4.78 is 37.6. The Bertz CT molecular complexity index is 551. The molecule has 1 N–H and O–H groups in total. The lowest BCUT2D eigenvalue weighted by atomic mass is 10.1. The van der Waals surface area contributed by atoms with Crippen LogP contribution >= 0.6 is 15.9 Å². The number of carbonyl (C=O) groups is 1. The Balaban J connectivity index is 3.02. The van der Waals surface area contributed by atoms with Crippen molar-refractivity contribution in [2.75, 3.05) is 13.1 Å². The summed E-state index contributed by atoms with van der Waals surface area (Å²) >= 11 is 3.03. The third kappa shape index (κ3) is 6.08. The van der Waals surface area contributed by atoms with Crippen molar-refractivity contribution >= 4 is 27.6 Å². The van der Waals surface area contributed by atoms with E-state index in [0.717, 1.165) is 6.07 Å². The van der Waals surface area contributed by atoms with Crippen molar-refractivity contribution in [3.63, 3.8) is 0 Å². The molecule has 6 nitrogen and oxygen atoms in total. The fraction of sp³-hybridized carbons (Fsp3) is 0.364. The fourth-order valence-corrected chi connectivity index (χ4v) is 2.04. The number of halogens is 4. The number of nitrogens with zero attached hydrogens (tertiary/aromatic N) is 2. The van der Waals surface area contributed by atoms with Gasteiger partial charge in [0.2, 0.25) is 0 Å². The number of carboxylic acids is 1. The van der Waals surface area contributed by atoms with Crippen LogP contribution in [0.2, 0.25) is 0 Å². The number of benzene rings is 1. The maximum absolute atomic E-state index is 12.4. The van der Waals surface area contributed by atoms with Crippen LogP contribution in [0.5, 0.6) is 0 Å². The van der Waals surface area contributed by atoms with Gasteiger partial charge in [-0.25, -0.2) is 0 Å². The number of alkyl halides is 3. The van der Waals surface area contributed by atoms with E-state index in [4.69, 9.17) is 5.11 Å². The molecule has 0 radical (unpaired) electrons. The molecule has 0 aromatic heterocycles. The zero-order chi connectivity index (χ0) is 16.2. The summed E-state index contributed by atoms with van der Waals surface area (Å²) in [7, 11) is 0. The van der Waals surface area contributed by atoms with Gasteiger partial charge in [0.15, 0.2) is 0 Å². The van der Waals surface area contributed by atoms with Gasteiger partial charge in [-0.3, -0.25) is 19.8 Å². The predicted octanol–water partition coefficient (Wildman–Crippen LogP) is 2.81. The second-order valence-electron chi connectivity index (χ2n) is 4.18. The van der Waals surface area contributed by atoms with Gasteiger partial charge < -0.3 is 5.11 Å². The van der Waals surface area contributed by atoms with E-state index < -0.39 is 36.7 Å². The molecule has 0 spiro atoms. The van der Waals surface area contributed by atoms with Gasteiger partial charge >= 0.3 is 12.1 Å². The Morgan fingerprint density at radius 2 is 2.05 bits per heavy atom. The Labute approximate surface area is 125 Å². The lowest BCUT2D eigenvalue weighted by Gasteiger charge is -2.21. The minimum Gasteiger partial charge on any atom is -0.480 e. The van der Waals surface area contributed by atoms with Crippen LogP contribution in [0.25, 0.3) is 0 Å². The molecule has 1 aromatic rings. The molecule has 0 aliphatic carbocycles. The third-order valence-corrected chi connectivity index (χ3v) is 2.89. The molecule has 0 saturated carbocycles. The maximum atomic E-state index is 12.4. The summed E-state index contributed by atoms with van der Waals surface area (Å²) in [5.74, 6) is -1.45. The van der Waals surface area contributed by atoms with Gasteiger partial charge in [0.1, 0.15) is 0 Å². The lowest BCUT2D eigenvalue weighted by molar-refractivity contribution is -0.385. The smallest absolute Gasteiger partial charge is 0.401 e. The second kappa shape index (κ2) is 6.85. The molecule has 10 heteroatoms. The van der Waals surface area contributed by atoms with E-state index in [-0.39, 0.29) is 11.3 Å². The predicted molar refractivity (Wildman–Crippen MR) is 69.8 cm³/mol. The van der Waals surface area contributed by atoms with E-state index in [1.807, 2.05) is 0 Å². The van der Waals surface area contributed by atoms with Crippen LogP contribution < -0.4 is 0 Å². The number of carboxylic acid groups (broad SMARTS) is 1. The van der Waals surface area contributed by atoms with Crippen LogP contribution in [0.15, 0.2) is 22.7 Å². The average molecular weight is 371 g/mol. The van der Waals surface area contributed by atoms with Crippen molar-refractivity contribution in [3.8, 4) is 0 Å². The van der Waals surface area contributed by atoms with Crippen molar-refractivity contribution < 1.29 is 28.0 Å². The molecule has 0 unspecified atom stereocenters. The summed E-state index contributed by atoms with van der Waals surface area (Å²) in [6.07, 6.45) is -4.60. The largest absolute Gasteiger partial charge is 0.480 e. The SMILES string of the molecule is O=C(O)CN(Cc1ccc(Br)cc1[N+](=O)[O-])CC(F)(F)F. The van der Waals surface area contributed by atoms with Crippen LogP contribution in [-0.2, 0) is 11.3 Å². The average Bonchev–Trinajstić information content (AvgIpc) is 2.28. The van der Waals surface area contributed by atoms with Crippen molar-refractivity contribution in [2.45, 2.75) is 12.7 Å². The monoisotopic (exact) mass is 370 g/mol. The number of nitro benzene ring substituents is 1. The second-order valence-corrected chi connectivity index (χ2v) is 5.10. The van der Waals surface area contributed by atoms with Crippen molar-refractivity contribution in [1.82, 2.24) is 4.90 Å². The van der Waals surface area contributed by atoms with Crippen LogP contribution in [0.4, 0.5) is 18.9 Å². The first-order valence-corrected chi connectivity index (χ1v) is 6.31. The highest BCUT2D eigenvalue weighted by molar-refractivity contribution is 9.10. The Kier molecular flexibility index (Phi) is 5.67. The van der Waals surface area contributed by atoms with Crippen LogP contribution in [0.3, 0.4) is 0 Å². The van der Waals surface area contributed by atoms with Crippen molar-refractivity contribution in [2.24, 2.45) is 0 Å². The maximum Gasteiger partial charge on any atom is 0.401 e. The molecule has 21 heavy (non-hydrogen) atoms. The van der Waals surface area contributed by atoms with E-state index >= 15 is 0 Å². The van der Waals surface area contributed by atoms with E-state index in [2.05, 4.69) is 15.9 Å². The molecule has 0 aliphatic heterocycles. The molecule has 116 valence electrons. The molecule has 0 atom stereocenters. The van der Waals surface area contributed by atoms with Gasteiger partial charge in [-0.1, -0.05) is 15.9 Å². The molecule has 0 heterocycles. The van der Waals surface area contributed by atoms with E-state index in [1.165, 1.54) is 12.1 Å². The van der Waals surface area contributed by atoms with Gasteiger partial charge in [-0.05, 0) is 12.1 Å². The third-order valence-electron chi connectivity index (χ3n) is 2.40. The number of aliphatic carboxylic acids is 1. The first-order chi connectivity index (χ1) is 9.58. The van der Waals surface area contributed by atoms with E-state index in [1.54, 1.807) is 0 Å². The zero-order valence-electron chi connectivity index (χ0n) is 10.4. The van der Waals surface area contributed by atoms with Crippen LogP contribution in [0.1, 0.15) is 5.56 Å². The minimum absolute atomic E-state index is 0.00806. The zero-order valence-corrected chi connectivity index (χ0v) is 12.0. The first-order valence-electron chi connectivity index (χ1n) is 5.52. The summed E-state index contributed by atoms with van der Waals surface area (Å²) in [6, 6.07) is 3.88. The highest BCUT2D eigenvalue weighted by atomic mass is 79.9. The number of hydrogen-bond acceptors (Lipinski definition) is 4. The first kappa shape index (κ1) is 17.4.